The number of nitrogens with zero attached hydrogens (tertiary/aromatic N) is 1. The molecular formula is C33H57N5O7S. The number of carbonyl (C=O) groups excluding carboxylic acids is 5. The average molecular weight is 668 g/mol. The fourth-order valence-corrected chi connectivity index (χ4v) is 9.18. The quantitative estimate of drug-likeness (QED) is 0.194. The van der Waals surface area contributed by atoms with Gasteiger partial charge in [0, 0.05) is 12.6 Å². The number of unbranched alkanes of at least 4 members (excludes halogenated alkanes) is 1. The molecule has 46 heavy (non-hydrogen) atoms. The summed E-state index contributed by atoms with van der Waals surface area (Å²) < 4.78 is 26.0. The highest BCUT2D eigenvalue weighted by Crippen LogP contribution is 2.39. The maximum Gasteiger partial charge on any atom is 0.315 e. The average Bonchev–Trinajstić information content (AvgIpc) is 3.73. The summed E-state index contributed by atoms with van der Waals surface area (Å²) in [4.78, 5) is 68.3. The smallest absolute Gasteiger partial charge is 0.315 e. The molecule has 0 aromatic rings. The monoisotopic (exact) mass is 667 g/mol. The molecule has 262 valence electrons. The molecule has 2 saturated carbocycles. The molecule has 0 bridgehead atoms. The number of nitrogens with one attached hydrogen (secondary N) is 4. The van der Waals surface area contributed by atoms with Gasteiger partial charge in [-0.2, -0.15) is 0 Å². The summed E-state index contributed by atoms with van der Waals surface area (Å²) in [6.07, 6.45) is 8.72. The number of rotatable bonds is 15. The summed E-state index contributed by atoms with van der Waals surface area (Å²) in [5, 5.41) is 10.7. The molecule has 3 fully saturated rings. The zero-order chi connectivity index (χ0) is 34.3. The van der Waals surface area contributed by atoms with Crippen molar-refractivity contribution in [1.82, 2.24) is 26.2 Å². The second kappa shape index (κ2) is 15.9. The second-order valence-corrected chi connectivity index (χ2v) is 16.9. The van der Waals surface area contributed by atoms with E-state index in [-0.39, 0.29) is 18.3 Å². The van der Waals surface area contributed by atoms with Gasteiger partial charge in [0.25, 0.3) is 5.91 Å². The molecule has 5 amide bonds. The largest absolute Gasteiger partial charge is 0.347 e. The molecule has 13 heteroatoms. The maximum absolute atomic E-state index is 14.2. The molecule has 0 radical (unpaired) electrons. The Balaban J connectivity index is 1.78. The van der Waals surface area contributed by atoms with Crippen molar-refractivity contribution in [3.05, 3.63) is 0 Å². The first-order chi connectivity index (χ1) is 21.6. The molecule has 1 unspecified atom stereocenters. The van der Waals surface area contributed by atoms with Crippen LogP contribution >= 0.6 is 0 Å². The number of amides is 5. The Hall–Kier alpha value is -2.70. The second-order valence-electron chi connectivity index (χ2n) is 14.6. The Labute approximate surface area is 275 Å². The molecule has 1 heterocycles. The third-order valence-electron chi connectivity index (χ3n) is 9.65. The number of Topliss-reactive ketones (excluding diaryl/α,β-unsaturated/α-hetero) is 1. The van der Waals surface area contributed by atoms with Crippen LogP contribution in [0.15, 0.2) is 0 Å². The van der Waals surface area contributed by atoms with E-state index in [9.17, 15) is 32.4 Å². The van der Waals surface area contributed by atoms with Gasteiger partial charge in [0.15, 0.2) is 9.84 Å². The van der Waals surface area contributed by atoms with E-state index in [1.165, 1.54) is 4.90 Å². The molecular weight excluding hydrogens is 610 g/mol. The fourth-order valence-electron chi connectivity index (χ4n) is 6.82. The topological polar surface area (TPSA) is 171 Å². The normalized spacial score (nSPS) is 22.5. The van der Waals surface area contributed by atoms with Gasteiger partial charge in [0.2, 0.25) is 17.6 Å². The third kappa shape index (κ3) is 9.67. The number of urea groups is 1. The van der Waals surface area contributed by atoms with Crippen molar-refractivity contribution in [2.75, 3.05) is 12.3 Å². The number of hydrogen-bond donors (Lipinski definition) is 4. The third-order valence-corrected chi connectivity index (χ3v) is 12.1. The Morgan fingerprint density at radius 2 is 1.57 bits per heavy atom. The minimum absolute atomic E-state index is 0.00478. The molecule has 2 aliphatic carbocycles. The predicted octanol–water partition coefficient (Wildman–Crippen LogP) is 3.13. The lowest BCUT2D eigenvalue weighted by atomic mass is 9.78. The summed E-state index contributed by atoms with van der Waals surface area (Å²) in [5.41, 5.74) is -1.64. The number of ketones is 1. The Kier molecular flexibility index (Phi) is 13.1. The van der Waals surface area contributed by atoms with Gasteiger partial charge in [-0.3, -0.25) is 19.2 Å². The van der Waals surface area contributed by atoms with Crippen LogP contribution in [0.2, 0.25) is 0 Å². The summed E-state index contributed by atoms with van der Waals surface area (Å²) >= 11 is 0. The van der Waals surface area contributed by atoms with E-state index >= 15 is 0 Å². The highest BCUT2D eigenvalue weighted by molar-refractivity contribution is 7.92. The van der Waals surface area contributed by atoms with Gasteiger partial charge in [-0.1, -0.05) is 66.7 Å². The highest BCUT2D eigenvalue weighted by Gasteiger charge is 2.50. The summed E-state index contributed by atoms with van der Waals surface area (Å²) in [5.74, 6) is -2.29. The van der Waals surface area contributed by atoms with Crippen LogP contribution in [0, 0.1) is 5.41 Å². The van der Waals surface area contributed by atoms with Crippen LogP contribution < -0.4 is 21.3 Å². The molecule has 3 aliphatic rings. The maximum atomic E-state index is 14.2. The van der Waals surface area contributed by atoms with Crippen LogP contribution in [0.1, 0.15) is 125 Å². The molecule has 4 atom stereocenters. The minimum Gasteiger partial charge on any atom is -0.347 e. The van der Waals surface area contributed by atoms with Crippen molar-refractivity contribution < 1.29 is 32.4 Å². The van der Waals surface area contributed by atoms with E-state index < -0.39 is 73.7 Å². The first kappa shape index (κ1) is 37.8. The summed E-state index contributed by atoms with van der Waals surface area (Å²) in [6, 6.07) is -3.62. The van der Waals surface area contributed by atoms with Crippen molar-refractivity contribution in [3.63, 3.8) is 0 Å². The lowest BCUT2D eigenvalue weighted by Gasteiger charge is -2.43. The van der Waals surface area contributed by atoms with E-state index in [1.54, 1.807) is 6.92 Å². The molecule has 12 nitrogen and oxygen atoms in total. The van der Waals surface area contributed by atoms with E-state index in [4.69, 9.17) is 0 Å². The van der Waals surface area contributed by atoms with Gasteiger partial charge in [0.05, 0.1) is 22.6 Å². The van der Waals surface area contributed by atoms with Crippen molar-refractivity contribution in [2.24, 2.45) is 5.41 Å². The lowest BCUT2D eigenvalue weighted by Crippen LogP contribution is -2.65. The van der Waals surface area contributed by atoms with E-state index in [0.717, 1.165) is 38.5 Å². The Morgan fingerprint density at radius 1 is 0.913 bits per heavy atom. The minimum atomic E-state index is -3.35. The predicted molar refractivity (Wildman–Crippen MR) is 177 cm³/mol. The lowest BCUT2D eigenvalue weighted by molar-refractivity contribution is -0.145. The summed E-state index contributed by atoms with van der Waals surface area (Å²) in [6.45, 7) is 11.1. The molecule has 1 saturated heterocycles. The SMILES string of the molecule is CCCC[C@H](NC(=O)[C@H](C)N(CCC)C(=O)[C@@H](NC(=O)NC1(C2CCCS2(=O)=O)CCCCC1)C(C)(C)C)C(=O)C(=O)NC1CC1. The molecule has 0 aromatic carbocycles. The van der Waals surface area contributed by atoms with Crippen molar-refractivity contribution >= 4 is 39.4 Å². The number of sulfone groups is 1. The van der Waals surface area contributed by atoms with Gasteiger partial charge >= 0.3 is 6.03 Å². The first-order valence-corrected chi connectivity index (χ1v) is 19.0. The van der Waals surface area contributed by atoms with Crippen LogP contribution in [0.3, 0.4) is 0 Å². The van der Waals surface area contributed by atoms with Gasteiger partial charge in [-0.15, -0.1) is 0 Å². The van der Waals surface area contributed by atoms with Crippen LogP contribution in [0.4, 0.5) is 4.79 Å². The molecule has 4 N–H and O–H groups in total. The van der Waals surface area contributed by atoms with Gasteiger partial charge in [-0.25, -0.2) is 13.2 Å². The van der Waals surface area contributed by atoms with Crippen molar-refractivity contribution in [3.8, 4) is 0 Å². The van der Waals surface area contributed by atoms with E-state index in [0.29, 0.717) is 44.9 Å². The first-order valence-electron chi connectivity index (χ1n) is 17.3. The van der Waals surface area contributed by atoms with Crippen LogP contribution in [-0.4, -0.2) is 90.1 Å². The van der Waals surface area contributed by atoms with Gasteiger partial charge in [-0.05, 0) is 63.7 Å². The van der Waals surface area contributed by atoms with Gasteiger partial charge in [0.1, 0.15) is 12.1 Å². The van der Waals surface area contributed by atoms with Gasteiger partial charge < -0.3 is 26.2 Å². The highest BCUT2D eigenvalue weighted by atomic mass is 32.2. The Bertz CT molecular complexity index is 1220. The molecule has 3 rings (SSSR count). The van der Waals surface area contributed by atoms with Crippen LogP contribution in [0.5, 0.6) is 0 Å². The zero-order valence-corrected chi connectivity index (χ0v) is 29.5. The molecule has 1 aliphatic heterocycles. The number of carbonyl (C=O) groups is 5. The van der Waals surface area contributed by atoms with Crippen LogP contribution in [-0.2, 0) is 29.0 Å². The van der Waals surface area contributed by atoms with E-state index in [1.807, 2.05) is 34.6 Å². The Morgan fingerprint density at radius 3 is 2.09 bits per heavy atom. The van der Waals surface area contributed by atoms with Crippen molar-refractivity contribution in [1.29, 1.82) is 0 Å². The van der Waals surface area contributed by atoms with E-state index in [2.05, 4.69) is 21.3 Å². The fraction of sp³-hybridized carbons (Fsp3) is 0.848. The summed E-state index contributed by atoms with van der Waals surface area (Å²) in [7, 11) is -3.35. The number of hydrogen-bond acceptors (Lipinski definition) is 7. The van der Waals surface area contributed by atoms with Crippen molar-refractivity contribution in [2.45, 2.75) is 160 Å². The zero-order valence-electron chi connectivity index (χ0n) is 28.7. The molecule has 0 aromatic heterocycles. The standard InChI is InChI=1S/C33H57N5O7S/c1-7-9-14-24(26(39)29(41)34-23-16-17-23)35-28(40)22(3)38(20-8-2)30(42)27(32(4,5)6)36-31(43)37-33(18-11-10-12-19-33)25-15-13-21-46(25,44)45/h22-25,27H,7-21H2,1-6H3,(H,34,41)(H,35,40)(H2,36,37,43)/t22-,24-,25?,27+/m0/s1. The van der Waals surface area contributed by atoms with Crippen LogP contribution in [0.25, 0.3) is 0 Å². The molecule has 0 spiro atoms.